The SMILES string of the molecule is CC(C)C(C)(CN)NC(=O)c1ccc(-c2ccco2)[nH]c1=O. The lowest BCUT2D eigenvalue weighted by molar-refractivity contribution is 0.0881. The van der Waals surface area contributed by atoms with Crippen LogP contribution in [0.15, 0.2) is 39.7 Å². The number of hydrogen-bond donors (Lipinski definition) is 3. The quantitative estimate of drug-likeness (QED) is 0.783. The van der Waals surface area contributed by atoms with Crippen molar-refractivity contribution in [2.75, 3.05) is 6.54 Å². The van der Waals surface area contributed by atoms with Gasteiger partial charge in [0.05, 0.1) is 17.5 Å². The Hall–Kier alpha value is -2.34. The Kier molecular flexibility index (Phi) is 4.51. The van der Waals surface area contributed by atoms with Crippen LogP contribution in [0.4, 0.5) is 0 Å². The molecule has 2 aromatic rings. The van der Waals surface area contributed by atoms with Crippen LogP contribution in [0.1, 0.15) is 31.1 Å². The van der Waals surface area contributed by atoms with Gasteiger partial charge >= 0.3 is 0 Å². The summed E-state index contributed by atoms with van der Waals surface area (Å²) < 4.78 is 5.22. The Morgan fingerprint density at radius 2 is 2.14 bits per heavy atom. The number of amides is 1. The zero-order valence-corrected chi connectivity index (χ0v) is 13.0. The largest absolute Gasteiger partial charge is 0.463 e. The van der Waals surface area contributed by atoms with Gasteiger partial charge in [0.1, 0.15) is 11.3 Å². The number of carbonyl (C=O) groups is 1. The van der Waals surface area contributed by atoms with Crippen molar-refractivity contribution in [3.05, 3.63) is 46.4 Å². The molecule has 0 aliphatic carbocycles. The van der Waals surface area contributed by atoms with Gasteiger partial charge in [0.25, 0.3) is 11.5 Å². The fourth-order valence-electron chi connectivity index (χ4n) is 1.99. The molecule has 0 aromatic carbocycles. The molecule has 118 valence electrons. The van der Waals surface area contributed by atoms with E-state index in [1.807, 2.05) is 20.8 Å². The number of nitrogens with one attached hydrogen (secondary N) is 2. The molecule has 1 amide bonds. The lowest BCUT2D eigenvalue weighted by atomic mass is 9.88. The van der Waals surface area contributed by atoms with Crippen molar-refractivity contribution in [2.24, 2.45) is 11.7 Å². The van der Waals surface area contributed by atoms with Crippen LogP contribution in [-0.2, 0) is 0 Å². The zero-order chi connectivity index (χ0) is 16.3. The van der Waals surface area contributed by atoms with E-state index < -0.39 is 17.0 Å². The Bertz CT molecular complexity index is 704. The topological polar surface area (TPSA) is 101 Å². The van der Waals surface area contributed by atoms with Crippen molar-refractivity contribution in [3.8, 4) is 11.5 Å². The molecule has 6 heteroatoms. The molecule has 2 heterocycles. The second kappa shape index (κ2) is 6.19. The molecule has 1 atom stereocenters. The van der Waals surface area contributed by atoms with Crippen molar-refractivity contribution in [2.45, 2.75) is 26.3 Å². The average molecular weight is 303 g/mol. The summed E-state index contributed by atoms with van der Waals surface area (Å²) in [5.41, 5.74) is 5.29. The maximum Gasteiger partial charge on any atom is 0.261 e. The number of carbonyl (C=O) groups excluding carboxylic acids is 1. The highest BCUT2D eigenvalue weighted by atomic mass is 16.3. The highest BCUT2D eigenvalue weighted by Crippen LogP contribution is 2.17. The third-order valence-corrected chi connectivity index (χ3v) is 4.04. The summed E-state index contributed by atoms with van der Waals surface area (Å²) in [6.07, 6.45) is 1.52. The van der Waals surface area contributed by atoms with Gasteiger partial charge < -0.3 is 20.5 Å². The number of hydrogen-bond acceptors (Lipinski definition) is 4. The minimum atomic E-state index is -0.566. The van der Waals surface area contributed by atoms with Gasteiger partial charge in [-0.2, -0.15) is 0 Å². The molecule has 0 spiro atoms. The van der Waals surface area contributed by atoms with Gasteiger partial charge in [-0.05, 0) is 37.1 Å². The van der Waals surface area contributed by atoms with Gasteiger partial charge in [0, 0.05) is 6.54 Å². The number of nitrogens with two attached hydrogens (primary N) is 1. The number of aromatic amines is 1. The van der Waals surface area contributed by atoms with E-state index in [0.717, 1.165) is 0 Å². The number of rotatable bonds is 5. The molecule has 2 rings (SSSR count). The standard InChI is InChI=1S/C16H21N3O3/c1-10(2)16(3,9-17)19-15(21)11-6-7-12(18-14(11)20)13-5-4-8-22-13/h4-8,10H,9,17H2,1-3H3,(H,18,20)(H,19,21). The summed E-state index contributed by atoms with van der Waals surface area (Å²) in [6.45, 7) is 6.09. The lowest BCUT2D eigenvalue weighted by Crippen LogP contribution is -2.55. The third-order valence-electron chi connectivity index (χ3n) is 4.04. The molecule has 0 saturated heterocycles. The second-order valence-corrected chi connectivity index (χ2v) is 5.82. The van der Waals surface area contributed by atoms with E-state index in [0.29, 0.717) is 18.0 Å². The molecular weight excluding hydrogens is 282 g/mol. The molecular formula is C16H21N3O3. The normalized spacial score (nSPS) is 13.9. The summed E-state index contributed by atoms with van der Waals surface area (Å²) >= 11 is 0. The molecule has 22 heavy (non-hydrogen) atoms. The molecule has 0 radical (unpaired) electrons. The molecule has 0 saturated carbocycles. The molecule has 0 fully saturated rings. The van der Waals surface area contributed by atoms with Crippen molar-refractivity contribution in [3.63, 3.8) is 0 Å². The number of furan rings is 1. The fraction of sp³-hybridized carbons (Fsp3) is 0.375. The Morgan fingerprint density at radius 1 is 1.41 bits per heavy atom. The van der Waals surface area contributed by atoms with E-state index in [1.54, 1.807) is 18.2 Å². The van der Waals surface area contributed by atoms with E-state index in [-0.39, 0.29) is 11.5 Å². The van der Waals surface area contributed by atoms with Crippen LogP contribution in [0, 0.1) is 5.92 Å². The molecule has 4 N–H and O–H groups in total. The van der Waals surface area contributed by atoms with Gasteiger partial charge in [0.2, 0.25) is 0 Å². The lowest BCUT2D eigenvalue weighted by Gasteiger charge is -2.33. The van der Waals surface area contributed by atoms with E-state index >= 15 is 0 Å². The first-order chi connectivity index (χ1) is 10.4. The van der Waals surface area contributed by atoms with Crippen molar-refractivity contribution >= 4 is 5.91 Å². The Labute approximate surface area is 128 Å². The molecule has 0 aliphatic rings. The van der Waals surface area contributed by atoms with Crippen molar-refractivity contribution < 1.29 is 9.21 Å². The first kappa shape index (κ1) is 16.0. The van der Waals surface area contributed by atoms with Crippen molar-refractivity contribution in [1.82, 2.24) is 10.3 Å². The number of aromatic nitrogens is 1. The third kappa shape index (κ3) is 3.12. The summed E-state index contributed by atoms with van der Waals surface area (Å²) in [4.78, 5) is 27.1. The molecule has 2 aromatic heterocycles. The minimum absolute atomic E-state index is 0.0515. The van der Waals surface area contributed by atoms with Gasteiger partial charge in [0.15, 0.2) is 0 Å². The van der Waals surface area contributed by atoms with E-state index in [1.165, 1.54) is 12.3 Å². The van der Waals surface area contributed by atoms with E-state index in [9.17, 15) is 9.59 Å². The van der Waals surface area contributed by atoms with Crippen LogP contribution in [0.3, 0.4) is 0 Å². The van der Waals surface area contributed by atoms with Crippen LogP contribution in [0.5, 0.6) is 0 Å². The molecule has 0 aliphatic heterocycles. The fourth-order valence-corrected chi connectivity index (χ4v) is 1.99. The number of H-pyrrole nitrogens is 1. The zero-order valence-electron chi connectivity index (χ0n) is 13.0. The van der Waals surface area contributed by atoms with Gasteiger partial charge in [-0.1, -0.05) is 13.8 Å². The summed E-state index contributed by atoms with van der Waals surface area (Å²) in [5.74, 6) is 0.245. The average Bonchev–Trinajstić information content (AvgIpc) is 3.00. The summed E-state index contributed by atoms with van der Waals surface area (Å²) in [5, 5.41) is 2.85. The first-order valence-corrected chi connectivity index (χ1v) is 7.17. The van der Waals surface area contributed by atoms with Gasteiger partial charge in [-0.15, -0.1) is 0 Å². The van der Waals surface area contributed by atoms with E-state index in [2.05, 4.69) is 10.3 Å². The van der Waals surface area contributed by atoms with Gasteiger partial charge in [-0.25, -0.2) is 0 Å². The second-order valence-electron chi connectivity index (χ2n) is 5.82. The predicted molar refractivity (Wildman–Crippen MR) is 84.5 cm³/mol. The summed E-state index contributed by atoms with van der Waals surface area (Å²) in [7, 11) is 0. The smallest absolute Gasteiger partial charge is 0.261 e. The maximum absolute atomic E-state index is 12.3. The molecule has 6 nitrogen and oxygen atoms in total. The van der Waals surface area contributed by atoms with Crippen LogP contribution in [-0.4, -0.2) is 23.0 Å². The van der Waals surface area contributed by atoms with Crippen LogP contribution in [0.2, 0.25) is 0 Å². The monoisotopic (exact) mass is 303 g/mol. The number of pyridine rings is 1. The first-order valence-electron chi connectivity index (χ1n) is 7.17. The highest BCUT2D eigenvalue weighted by molar-refractivity contribution is 5.94. The van der Waals surface area contributed by atoms with Crippen LogP contribution < -0.4 is 16.6 Å². The van der Waals surface area contributed by atoms with Gasteiger partial charge in [-0.3, -0.25) is 9.59 Å². The summed E-state index contributed by atoms with van der Waals surface area (Å²) in [6, 6.07) is 6.59. The Balaban J connectivity index is 2.26. The van der Waals surface area contributed by atoms with Crippen molar-refractivity contribution in [1.29, 1.82) is 0 Å². The minimum Gasteiger partial charge on any atom is -0.463 e. The van der Waals surface area contributed by atoms with Crippen LogP contribution >= 0.6 is 0 Å². The maximum atomic E-state index is 12.3. The molecule has 1 unspecified atom stereocenters. The van der Waals surface area contributed by atoms with Crippen LogP contribution in [0.25, 0.3) is 11.5 Å². The predicted octanol–water partition coefficient (Wildman–Crippen LogP) is 1.74. The highest BCUT2D eigenvalue weighted by Gasteiger charge is 2.29. The molecule has 0 bridgehead atoms. The van der Waals surface area contributed by atoms with E-state index in [4.69, 9.17) is 10.2 Å². The Morgan fingerprint density at radius 3 is 2.64 bits per heavy atom.